The summed E-state index contributed by atoms with van der Waals surface area (Å²) in [5, 5.41) is 10.7. The van der Waals surface area contributed by atoms with Crippen LogP contribution in [0.5, 0.6) is 17.2 Å². The second-order valence-corrected chi connectivity index (χ2v) is 11.4. The highest BCUT2D eigenvalue weighted by Gasteiger charge is 2.18. The molecule has 43 heavy (non-hydrogen) atoms. The average Bonchev–Trinajstić information content (AvgIpc) is 3.38. The first-order chi connectivity index (χ1) is 20.7. The molecule has 0 spiro atoms. The summed E-state index contributed by atoms with van der Waals surface area (Å²) >= 11 is 13.8. The molecule has 1 aliphatic rings. The Labute approximate surface area is 260 Å². The number of hydrogen-bond donors (Lipinski definition) is 1. The number of aromatic nitrogens is 1. The number of carbonyl (C=O) groups excluding carboxylic acids is 1. The highest BCUT2D eigenvalue weighted by Crippen LogP contribution is 2.34. The first-order valence-corrected chi connectivity index (χ1v) is 14.7. The molecule has 0 unspecified atom stereocenters. The molecule has 0 aliphatic carbocycles. The zero-order chi connectivity index (χ0) is 30.1. The molecule has 0 fully saturated rings. The third kappa shape index (κ3) is 6.19. The second kappa shape index (κ2) is 12.0. The van der Waals surface area contributed by atoms with E-state index >= 15 is 0 Å². The van der Waals surface area contributed by atoms with E-state index in [2.05, 4.69) is 5.32 Å². The van der Waals surface area contributed by atoms with Gasteiger partial charge in [0.05, 0.1) is 23.3 Å². The first-order valence-electron chi connectivity index (χ1n) is 13.1. The zero-order valence-corrected chi connectivity index (χ0v) is 25.2. The van der Waals surface area contributed by atoms with Crippen LogP contribution in [-0.2, 0) is 4.79 Å². The molecule has 216 valence electrons. The molecule has 7 nitrogen and oxygen atoms in total. The number of nitrogens with one attached hydrogen (secondary N) is 1. The maximum atomic E-state index is 14.5. The second-order valence-electron chi connectivity index (χ2n) is 9.70. The van der Waals surface area contributed by atoms with Crippen molar-refractivity contribution in [2.24, 2.45) is 10.1 Å². The average molecular weight is 634 g/mol. The number of ether oxygens (including phenoxy) is 2. The van der Waals surface area contributed by atoms with E-state index in [1.54, 1.807) is 41.1 Å². The van der Waals surface area contributed by atoms with Crippen molar-refractivity contribution >= 4 is 58.0 Å². The fourth-order valence-corrected chi connectivity index (χ4v) is 5.67. The Morgan fingerprint density at radius 2 is 1.88 bits per heavy atom. The molecule has 0 saturated heterocycles. The lowest BCUT2D eigenvalue weighted by molar-refractivity contribution is -0.118. The molecule has 6 rings (SSSR count). The predicted octanol–water partition coefficient (Wildman–Crippen LogP) is 8.52. The van der Waals surface area contributed by atoms with Crippen LogP contribution >= 0.6 is 34.5 Å². The third-order valence-corrected chi connectivity index (χ3v) is 8.15. The summed E-state index contributed by atoms with van der Waals surface area (Å²) in [6.07, 6.45) is 1.52. The van der Waals surface area contributed by atoms with E-state index < -0.39 is 5.82 Å². The quantitative estimate of drug-likeness (QED) is 0.191. The van der Waals surface area contributed by atoms with Gasteiger partial charge < -0.3 is 14.8 Å². The number of amides is 1. The number of halogens is 3. The highest BCUT2D eigenvalue weighted by molar-refractivity contribution is 7.07. The summed E-state index contributed by atoms with van der Waals surface area (Å²) in [5.74, 6) is 0.891. The first kappa shape index (κ1) is 28.7. The van der Waals surface area contributed by atoms with Gasteiger partial charge in [0.2, 0.25) is 4.80 Å². The fourth-order valence-electron chi connectivity index (χ4n) is 4.43. The molecule has 0 bridgehead atoms. The number of nitrogens with zero attached hydrogens (tertiary/aromatic N) is 3. The SMILES string of the molecule is Cc1cc(Cl)ccc1Oc1ccc(F)cc1/C=N/n1c(-c2ccc3c(c2)NC(=O)CO3)csc1=Nc1cccc(Cl)c1C. The molecule has 0 atom stereocenters. The maximum absolute atomic E-state index is 14.5. The standard InChI is InChI=1S/C32H23Cl2FN4O3S/c1-18-12-22(33)7-10-28(18)42-29-11-8-23(35)13-21(29)15-36-39-27(20-6-9-30-26(14-20)37-31(40)16-41-30)17-43-32(39)38-25-5-3-4-24(34)19(25)2/h3-15,17H,16H2,1-2H3,(H,37,40)/b36-15+,38-32?. The van der Waals surface area contributed by atoms with Crippen LogP contribution in [0.15, 0.2) is 88.3 Å². The largest absolute Gasteiger partial charge is 0.482 e. The van der Waals surface area contributed by atoms with E-state index in [0.29, 0.717) is 54.7 Å². The van der Waals surface area contributed by atoms with Crippen molar-refractivity contribution in [3.8, 4) is 28.5 Å². The Morgan fingerprint density at radius 3 is 2.72 bits per heavy atom. The minimum Gasteiger partial charge on any atom is -0.482 e. The minimum atomic E-state index is -0.443. The van der Waals surface area contributed by atoms with Gasteiger partial charge in [-0.25, -0.2) is 14.1 Å². The minimum absolute atomic E-state index is 0.0370. The molecular weight excluding hydrogens is 610 g/mol. The zero-order valence-electron chi connectivity index (χ0n) is 22.9. The molecule has 11 heteroatoms. The maximum Gasteiger partial charge on any atom is 0.262 e. The van der Waals surface area contributed by atoms with Gasteiger partial charge in [0.15, 0.2) is 6.61 Å². The summed E-state index contributed by atoms with van der Waals surface area (Å²) in [5.41, 5.74) is 4.75. The van der Waals surface area contributed by atoms with Crippen LogP contribution < -0.4 is 19.6 Å². The van der Waals surface area contributed by atoms with Crippen molar-refractivity contribution in [1.82, 2.24) is 4.68 Å². The van der Waals surface area contributed by atoms with E-state index in [0.717, 1.165) is 16.7 Å². The Morgan fingerprint density at radius 1 is 1.05 bits per heavy atom. The van der Waals surface area contributed by atoms with Crippen LogP contribution in [0, 0.1) is 19.7 Å². The lowest BCUT2D eigenvalue weighted by Gasteiger charge is -2.18. The monoisotopic (exact) mass is 632 g/mol. The summed E-state index contributed by atoms with van der Waals surface area (Å²) in [7, 11) is 0. The molecular formula is C32H23Cl2FN4O3S. The van der Waals surface area contributed by atoms with Crippen molar-refractivity contribution < 1.29 is 18.7 Å². The fraction of sp³-hybridized carbons (Fsp3) is 0.0938. The Kier molecular flexibility index (Phi) is 8.03. The third-order valence-electron chi connectivity index (χ3n) is 6.69. The number of benzene rings is 4. The van der Waals surface area contributed by atoms with E-state index in [9.17, 15) is 9.18 Å². The van der Waals surface area contributed by atoms with E-state index in [1.165, 1.54) is 29.7 Å². The molecule has 1 amide bonds. The summed E-state index contributed by atoms with van der Waals surface area (Å²) in [6.45, 7) is 3.74. The lowest BCUT2D eigenvalue weighted by atomic mass is 10.1. The van der Waals surface area contributed by atoms with E-state index in [-0.39, 0.29) is 12.5 Å². The number of anilines is 1. The molecule has 1 aliphatic heterocycles. The van der Waals surface area contributed by atoms with Crippen molar-refractivity contribution in [2.45, 2.75) is 13.8 Å². The molecule has 2 heterocycles. The molecule has 0 radical (unpaired) electrons. The molecule has 4 aromatic carbocycles. The Hall–Kier alpha value is -4.44. The van der Waals surface area contributed by atoms with Crippen LogP contribution in [0.3, 0.4) is 0 Å². The van der Waals surface area contributed by atoms with Gasteiger partial charge in [-0.15, -0.1) is 11.3 Å². The number of carbonyl (C=O) groups is 1. The smallest absolute Gasteiger partial charge is 0.262 e. The molecule has 5 aromatic rings. The van der Waals surface area contributed by atoms with Crippen molar-refractivity contribution in [1.29, 1.82) is 0 Å². The predicted molar refractivity (Wildman–Crippen MR) is 169 cm³/mol. The van der Waals surface area contributed by atoms with E-state index in [1.807, 2.05) is 43.5 Å². The number of fused-ring (bicyclic) bond motifs is 1. The van der Waals surface area contributed by atoms with Crippen LogP contribution in [0.2, 0.25) is 10.0 Å². The highest BCUT2D eigenvalue weighted by atomic mass is 35.5. The van der Waals surface area contributed by atoms with Crippen molar-refractivity contribution in [3.63, 3.8) is 0 Å². The molecule has 0 saturated carbocycles. The summed E-state index contributed by atoms with van der Waals surface area (Å²) < 4.78 is 27.8. The van der Waals surface area contributed by atoms with Gasteiger partial charge in [0, 0.05) is 26.6 Å². The molecule has 1 N–H and O–H groups in total. The van der Waals surface area contributed by atoms with Gasteiger partial charge in [-0.05, 0) is 91.7 Å². The normalized spacial score (nSPS) is 13.1. The number of rotatable bonds is 6. The number of hydrogen-bond acceptors (Lipinski definition) is 6. The summed E-state index contributed by atoms with van der Waals surface area (Å²) in [6, 6.07) is 20.5. The topological polar surface area (TPSA) is 77.2 Å². The van der Waals surface area contributed by atoms with E-state index in [4.69, 9.17) is 42.8 Å². The number of aryl methyl sites for hydroxylation is 1. The van der Waals surface area contributed by atoms with Crippen LogP contribution in [-0.4, -0.2) is 23.4 Å². The lowest BCUT2D eigenvalue weighted by Crippen LogP contribution is -2.25. The van der Waals surface area contributed by atoms with Gasteiger partial charge in [-0.1, -0.05) is 29.3 Å². The van der Waals surface area contributed by atoms with Gasteiger partial charge in [-0.3, -0.25) is 4.79 Å². The molecule has 1 aromatic heterocycles. The number of thiazole rings is 1. The van der Waals surface area contributed by atoms with Crippen LogP contribution in [0.4, 0.5) is 15.8 Å². The van der Waals surface area contributed by atoms with Crippen molar-refractivity contribution in [2.75, 3.05) is 11.9 Å². The van der Waals surface area contributed by atoms with Gasteiger partial charge >= 0.3 is 0 Å². The van der Waals surface area contributed by atoms with Crippen LogP contribution in [0.1, 0.15) is 16.7 Å². The van der Waals surface area contributed by atoms with Gasteiger partial charge in [0.25, 0.3) is 5.91 Å². The Bertz CT molecular complexity index is 1990. The summed E-state index contributed by atoms with van der Waals surface area (Å²) in [4.78, 5) is 17.4. The van der Waals surface area contributed by atoms with Gasteiger partial charge in [-0.2, -0.15) is 5.10 Å². The van der Waals surface area contributed by atoms with Crippen molar-refractivity contribution in [3.05, 3.63) is 116 Å². The van der Waals surface area contributed by atoms with Crippen LogP contribution in [0.25, 0.3) is 11.3 Å². The Balaban J connectivity index is 1.47. The van der Waals surface area contributed by atoms with Gasteiger partial charge in [0.1, 0.15) is 23.1 Å².